The first-order chi connectivity index (χ1) is 9.40. The largest absolute Gasteiger partial charge is 0.455 e. The number of aryl methyl sites for hydroxylation is 1. The predicted molar refractivity (Wildman–Crippen MR) is 83.7 cm³/mol. The summed E-state index contributed by atoms with van der Waals surface area (Å²) in [6.07, 6.45) is 3.46. The first-order valence-corrected chi connectivity index (χ1v) is 7.22. The van der Waals surface area contributed by atoms with E-state index >= 15 is 0 Å². The van der Waals surface area contributed by atoms with Crippen molar-refractivity contribution in [3.05, 3.63) is 53.3 Å². The third-order valence-electron chi connectivity index (χ3n) is 3.10. The fourth-order valence-electron chi connectivity index (χ4n) is 2.05. The lowest BCUT2D eigenvalue weighted by atomic mass is 9.86. The third-order valence-corrected chi connectivity index (χ3v) is 3.41. The number of benzene rings is 1. The van der Waals surface area contributed by atoms with Crippen LogP contribution in [0.5, 0.6) is 11.5 Å². The monoisotopic (exact) mass is 289 g/mol. The molecule has 1 heterocycles. The first kappa shape index (κ1) is 14.9. The molecule has 0 amide bonds. The van der Waals surface area contributed by atoms with Gasteiger partial charge in [0.1, 0.15) is 11.5 Å². The van der Waals surface area contributed by atoms with Gasteiger partial charge < -0.3 is 4.74 Å². The molecule has 0 unspecified atom stereocenters. The highest BCUT2D eigenvalue weighted by molar-refractivity contribution is 6.17. The van der Waals surface area contributed by atoms with Crippen LogP contribution in [0.3, 0.4) is 0 Å². The van der Waals surface area contributed by atoms with Crippen LogP contribution in [0.4, 0.5) is 0 Å². The Hall–Kier alpha value is -1.54. The van der Waals surface area contributed by atoms with Gasteiger partial charge in [0.15, 0.2) is 0 Å². The van der Waals surface area contributed by atoms with Crippen LogP contribution in [0.2, 0.25) is 0 Å². The Morgan fingerprint density at radius 3 is 2.55 bits per heavy atom. The molecule has 2 nitrogen and oxygen atoms in total. The quantitative estimate of drug-likeness (QED) is 0.723. The summed E-state index contributed by atoms with van der Waals surface area (Å²) in [5, 5.41) is 0. The van der Waals surface area contributed by atoms with E-state index in [0.29, 0.717) is 5.88 Å². The lowest BCUT2D eigenvalue weighted by Crippen LogP contribution is -2.12. The number of alkyl halides is 1. The molecule has 0 saturated heterocycles. The van der Waals surface area contributed by atoms with Crippen molar-refractivity contribution in [2.24, 2.45) is 0 Å². The molecule has 1 aromatic carbocycles. The lowest BCUT2D eigenvalue weighted by Gasteiger charge is -2.23. The summed E-state index contributed by atoms with van der Waals surface area (Å²) in [5.74, 6) is 2.04. The van der Waals surface area contributed by atoms with Crippen LogP contribution in [-0.2, 0) is 11.3 Å². The molecule has 20 heavy (non-hydrogen) atoms. The van der Waals surface area contributed by atoms with E-state index in [2.05, 4.69) is 50.9 Å². The van der Waals surface area contributed by atoms with E-state index in [-0.39, 0.29) is 5.41 Å². The fourth-order valence-corrected chi connectivity index (χ4v) is 2.20. The van der Waals surface area contributed by atoms with E-state index in [1.54, 1.807) is 12.4 Å². The van der Waals surface area contributed by atoms with Crippen LogP contribution in [0.25, 0.3) is 0 Å². The van der Waals surface area contributed by atoms with Gasteiger partial charge >= 0.3 is 0 Å². The highest BCUT2D eigenvalue weighted by Gasteiger charge is 2.19. The highest BCUT2D eigenvalue weighted by atomic mass is 35.5. The van der Waals surface area contributed by atoms with Crippen molar-refractivity contribution in [3.8, 4) is 11.5 Å². The van der Waals surface area contributed by atoms with Crippen LogP contribution < -0.4 is 4.74 Å². The van der Waals surface area contributed by atoms with E-state index in [1.807, 2.05) is 6.07 Å². The molecular formula is C17H20ClNO. The molecule has 0 bridgehead atoms. The molecule has 0 fully saturated rings. The molecule has 106 valence electrons. The molecule has 2 rings (SSSR count). The molecule has 1 aromatic heterocycles. The van der Waals surface area contributed by atoms with Gasteiger partial charge in [0, 0.05) is 17.6 Å². The Morgan fingerprint density at radius 2 is 1.90 bits per heavy atom. The predicted octanol–water partition coefficient (Wildman–Crippen LogP) is 5.22. The van der Waals surface area contributed by atoms with Crippen molar-refractivity contribution in [3.63, 3.8) is 0 Å². The van der Waals surface area contributed by atoms with E-state index in [9.17, 15) is 0 Å². The molecule has 0 atom stereocenters. The fraction of sp³-hybridized carbons (Fsp3) is 0.353. The first-order valence-electron chi connectivity index (χ1n) is 6.69. The van der Waals surface area contributed by atoms with Crippen LogP contribution in [-0.4, -0.2) is 4.98 Å². The van der Waals surface area contributed by atoms with Gasteiger partial charge in [-0.1, -0.05) is 32.9 Å². The van der Waals surface area contributed by atoms with E-state index in [1.165, 1.54) is 11.1 Å². The normalized spacial score (nSPS) is 11.4. The molecule has 0 saturated carbocycles. The molecule has 0 N–H and O–H groups in total. The summed E-state index contributed by atoms with van der Waals surface area (Å²) in [5.41, 5.74) is 3.34. The molecule has 3 heteroatoms. The second-order valence-corrected chi connectivity index (χ2v) is 6.28. The van der Waals surface area contributed by atoms with Crippen LogP contribution in [0.15, 0.2) is 36.7 Å². The minimum absolute atomic E-state index is 0.0283. The number of nitrogens with zero attached hydrogens (tertiary/aromatic N) is 1. The lowest BCUT2D eigenvalue weighted by molar-refractivity contribution is 0.453. The van der Waals surface area contributed by atoms with Gasteiger partial charge in [-0.05, 0) is 35.6 Å². The van der Waals surface area contributed by atoms with Gasteiger partial charge in [0.2, 0.25) is 0 Å². The zero-order valence-electron chi connectivity index (χ0n) is 12.4. The number of aromatic nitrogens is 1. The zero-order chi connectivity index (χ0) is 14.8. The summed E-state index contributed by atoms with van der Waals surface area (Å²) < 4.78 is 6.04. The molecule has 0 aliphatic heterocycles. The zero-order valence-corrected chi connectivity index (χ0v) is 13.2. The number of hydrogen-bond acceptors (Lipinski definition) is 2. The maximum atomic E-state index is 6.04. The number of ether oxygens (including phenoxy) is 1. The molecule has 0 radical (unpaired) electrons. The summed E-state index contributed by atoms with van der Waals surface area (Å²) in [6, 6.07) is 8.23. The minimum atomic E-state index is 0.0283. The number of pyridine rings is 1. The van der Waals surface area contributed by atoms with Gasteiger partial charge in [-0.15, -0.1) is 11.6 Å². The Bertz CT molecular complexity index is 602. The molecule has 0 aliphatic rings. The van der Waals surface area contributed by atoms with Gasteiger partial charge in [-0.25, -0.2) is 0 Å². The Morgan fingerprint density at radius 1 is 1.15 bits per heavy atom. The third kappa shape index (κ3) is 3.51. The summed E-state index contributed by atoms with van der Waals surface area (Å²) >= 11 is 5.84. The van der Waals surface area contributed by atoms with Crippen molar-refractivity contribution < 1.29 is 4.74 Å². The number of hydrogen-bond donors (Lipinski definition) is 0. The smallest absolute Gasteiger partial charge is 0.146 e. The summed E-state index contributed by atoms with van der Waals surface area (Å²) in [6.45, 7) is 8.60. The van der Waals surface area contributed by atoms with E-state index < -0.39 is 0 Å². The molecule has 2 aromatic rings. The van der Waals surface area contributed by atoms with Crippen molar-refractivity contribution >= 4 is 11.6 Å². The molecule has 0 spiro atoms. The summed E-state index contributed by atoms with van der Waals surface area (Å²) in [4.78, 5) is 4.16. The van der Waals surface area contributed by atoms with Crippen molar-refractivity contribution in [1.29, 1.82) is 0 Å². The SMILES string of the molecule is Cc1ccc(C(C)(C)C)c(Oc2cncc(CCl)c2)c1. The maximum absolute atomic E-state index is 6.04. The Balaban J connectivity index is 2.39. The number of rotatable bonds is 3. The number of halogens is 1. The highest BCUT2D eigenvalue weighted by Crippen LogP contribution is 2.34. The molecular weight excluding hydrogens is 270 g/mol. The summed E-state index contributed by atoms with van der Waals surface area (Å²) in [7, 11) is 0. The van der Waals surface area contributed by atoms with Gasteiger partial charge in [0.25, 0.3) is 0 Å². The van der Waals surface area contributed by atoms with Crippen molar-refractivity contribution in [2.75, 3.05) is 0 Å². The van der Waals surface area contributed by atoms with Crippen molar-refractivity contribution in [2.45, 2.75) is 39.0 Å². The second kappa shape index (κ2) is 5.84. The van der Waals surface area contributed by atoms with E-state index in [4.69, 9.17) is 16.3 Å². The average Bonchev–Trinajstić information content (AvgIpc) is 2.37. The van der Waals surface area contributed by atoms with Gasteiger partial charge in [0.05, 0.1) is 6.20 Å². The van der Waals surface area contributed by atoms with E-state index in [0.717, 1.165) is 17.1 Å². The van der Waals surface area contributed by atoms with Crippen LogP contribution >= 0.6 is 11.6 Å². The van der Waals surface area contributed by atoms with Crippen LogP contribution in [0.1, 0.15) is 37.5 Å². The maximum Gasteiger partial charge on any atom is 0.146 e. The van der Waals surface area contributed by atoms with Gasteiger partial charge in [-0.2, -0.15) is 0 Å². The molecule has 0 aliphatic carbocycles. The average molecular weight is 290 g/mol. The Kier molecular flexibility index (Phi) is 4.34. The van der Waals surface area contributed by atoms with Crippen LogP contribution in [0, 0.1) is 6.92 Å². The minimum Gasteiger partial charge on any atom is -0.455 e. The topological polar surface area (TPSA) is 22.1 Å². The van der Waals surface area contributed by atoms with Crippen molar-refractivity contribution in [1.82, 2.24) is 4.98 Å². The standard InChI is InChI=1S/C17H20ClNO/c1-12-5-6-15(17(2,3)4)16(7-12)20-14-8-13(9-18)10-19-11-14/h5-8,10-11H,9H2,1-4H3. The van der Waals surface area contributed by atoms with Gasteiger partial charge in [-0.3, -0.25) is 4.98 Å². The Labute approximate surface area is 125 Å². The second-order valence-electron chi connectivity index (χ2n) is 6.01.